The van der Waals surface area contributed by atoms with Crippen molar-refractivity contribution in [3.63, 3.8) is 0 Å². The lowest BCUT2D eigenvalue weighted by atomic mass is 10.1. The molecule has 3 heteroatoms. The first kappa shape index (κ1) is 8.97. The lowest BCUT2D eigenvalue weighted by Gasteiger charge is -2.15. The molecule has 0 N–H and O–H groups in total. The van der Waals surface area contributed by atoms with Gasteiger partial charge in [-0.2, -0.15) is 0 Å². The van der Waals surface area contributed by atoms with Gasteiger partial charge in [0, 0.05) is 6.08 Å². The molecule has 0 aliphatic carbocycles. The van der Waals surface area contributed by atoms with Crippen LogP contribution in [0.4, 0.5) is 0 Å². The summed E-state index contributed by atoms with van der Waals surface area (Å²) in [4.78, 5) is 21.8. The predicted molar refractivity (Wildman–Crippen MR) is 43.6 cm³/mol. The fourth-order valence-corrected chi connectivity index (χ4v) is 1.16. The van der Waals surface area contributed by atoms with E-state index < -0.39 is 5.60 Å². The Hall–Kier alpha value is -1.12. The van der Waals surface area contributed by atoms with Crippen molar-refractivity contribution < 1.29 is 14.3 Å². The maximum atomic E-state index is 11.2. The second kappa shape index (κ2) is 2.73. The molecule has 66 valence electrons. The number of hydrogen-bond donors (Lipinski definition) is 0. The van der Waals surface area contributed by atoms with Crippen molar-refractivity contribution in [1.82, 2.24) is 0 Å². The molecule has 1 rings (SSSR count). The van der Waals surface area contributed by atoms with Crippen LogP contribution in [0.2, 0.25) is 0 Å². The van der Waals surface area contributed by atoms with Crippen molar-refractivity contribution in [1.29, 1.82) is 0 Å². The van der Waals surface area contributed by atoms with Gasteiger partial charge in [0.25, 0.3) is 0 Å². The standard InChI is InChI=1S/C9H12O3/c1-6(10)4-8-7(11)5-9(2,3)12-8/h4H,5H2,1-3H3/b8-4-. The van der Waals surface area contributed by atoms with Crippen LogP contribution in [0.3, 0.4) is 0 Å². The lowest BCUT2D eigenvalue weighted by molar-refractivity contribution is -0.116. The fourth-order valence-electron chi connectivity index (χ4n) is 1.16. The van der Waals surface area contributed by atoms with E-state index >= 15 is 0 Å². The van der Waals surface area contributed by atoms with Gasteiger partial charge in [0.2, 0.25) is 5.78 Å². The van der Waals surface area contributed by atoms with Gasteiger partial charge in [-0.25, -0.2) is 0 Å². The zero-order chi connectivity index (χ0) is 9.35. The van der Waals surface area contributed by atoms with Crippen LogP contribution >= 0.6 is 0 Å². The molecule has 0 saturated carbocycles. The zero-order valence-corrected chi connectivity index (χ0v) is 7.51. The second-order valence-electron chi connectivity index (χ2n) is 3.58. The molecule has 0 radical (unpaired) electrons. The van der Waals surface area contributed by atoms with Crippen LogP contribution in [0.1, 0.15) is 27.2 Å². The molecule has 0 unspecified atom stereocenters. The molecule has 3 nitrogen and oxygen atoms in total. The maximum absolute atomic E-state index is 11.2. The summed E-state index contributed by atoms with van der Waals surface area (Å²) in [5.41, 5.74) is -0.446. The van der Waals surface area contributed by atoms with E-state index in [9.17, 15) is 9.59 Å². The Morgan fingerprint density at radius 1 is 1.58 bits per heavy atom. The van der Waals surface area contributed by atoms with Gasteiger partial charge < -0.3 is 4.74 Å². The minimum absolute atomic E-state index is 0.0878. The van der Waals surface area contributed by atoms with Gasteiger partial charge in [0.1, 0.15) is 5.60 Å². The van der Waals surface area contributed by atoms with Crippen LogP contribution < -0.4 is 0 Å². The van der Waals surface area contributed by atoms with E-state index in [1.54, 1.807) is 0 Å². The van der Waals surface area contributed by atoms with Crippen LogP contribution in [0.25, 0.3) is 0 Å². The number of allylic oxidation sites excluding steroid dienone is 2. The van der Waals surface area contributed by atoms with Crippen molar-refractivity contribution in [2.24, 2.45) is 0 Å². The summed E-state index contributed by atoms with van der Waals surface area (Å²) in [6.45, 7) is 5.05. The molecule has 1 aliphatic rings. The molecule has 0 aromatic carbocycles. The largest absolute Gasteiger partial charge is 0.484 e. The summed E-state index contributed by atoms with van der Waals surface area (Å²) >= 11 is 0. The minimum atomic E-state index is -0.446. The van der Waals surface area contributed by atoms with Gasteiger partial charge in [-0.1, -0.05) is 0 Å². The summed E-state index contributed by atoms with van der Waals surface area (Å²) in [6, 6.07) is 0. The van der Waals surface area contributed by atoms with E-state index in [2.05, 4.69) is 0 Å². The molecule has 0 amide bonds. The zero-order valence-electron chi connectivity index (χ0n) is 7.51. The second-order valence-corrected chi connectivity index (χ2v) is 3.58. The third-order valence-electron chi connectivity index (χ3n) is 1.58. The van der Waals surface area contributed by atoms with Crippen molar-refractivity contribution in [3.05, 3.63) is 11.8 Å². The number of ether oxygens (including phenoxy) is 1. The summed E-state index contributed by atoms with van der Waals surface area (Å²) in [7, 11) is 0. The number of rotatable bonds is 1. The Labute approximate surface area is 71.4 Å². The van der Waals surface area contributed by atoms with E-state index in [4.69, 9.17) is 4.74 Å². The smallest absolute Gasteiger partial charge is 0.201 e. The van der Waals surface area contributed by atoms with E-state index in [-0.39, 0.29) is 17.3 Å². The molecule has 0 aromatic rings. The van der Waals surface area contributed by atoms with Gasteiger partial charge in [-0.05, 0) is 20.8 Å². The quantitative estimate of drug-likeness (QED) is 0.553. The van der Waals surface area contributed by atoms with Crippen molar-refractivity contribution >= 4 is 11.6 Å². The molecule has 0 atom stereocenters. The van der Waals surface area contributed by atoms with Crippen LogP contribution in [0.5, 0.6) is 0 Å². The monoisotopic (exact) mass is 168 g/mol. The van der Waals surface area contributed by atoms with E-state index in [0.717, 1.165) is 0 Å². The highest BCUT2D eigenvalue weighted by molar-refractivity contribution is 6.02. The highest BCUT2D eigenvalue weighted by atomic mass is 16.5. The first-order valence-electron chi connectivity index (χ1n) is 3.85. The molecule has 1 heterocycles. The average molecular weight is 168 g/mol. The predicted octanol–water partition coefficient (Wildman–Crippen LogP) is 1.23. The summed E-state index contributed by atoms with van der Waals surface area (Å²) < 4.78 is 5.26. The third-order valence-corrected chi connectivity index (χ3v) is 1.58. The Morgan fingerprint density at radius 3 is 2.50 bits per heavy atom. The highest BCUT2D eigenvalue weighted by Crippen LogP contribution is 2.28. The molecular weight excluding hydrogens is 156 g/mol. The number of Topliss-reactive ketones (excluding diaryl/α,β-unsaturated/α-hetero) is 1. The normalized spacial score (nSPS) is 24.2. The van der Waals surface area contributed by atoms with Crippen molar-refractivity contribution in [2.45, 2.75) is 32.8 Å². The first-order valence-corrected chi connectivity index (χ1v) is 3.85. The SMILES string of the molecule is CC(=O)/C=C1\OC(C)(C)CC1=O. The van der Waals surface area contributed by atoms with Crippen LogP contribution in [-0.2, 0) is 14.3 Å². The van der Waals surface area contributed by atoms with Gasteiger partial charge in [-0.15, -0.1) is 0 Å². The highest BCUT2D eigenvalue weighted by Gasteiger charge is 2.35. The molecular formula is C9H12O3. The van der Waals surface area contributed by atoms with Gasteiger partial charge in [0.15, 0.2) is 11.5 Å². The fraction of sp³-hybridized carbons (Fsp3) is 0.556. The molecule has 1 fully saturated rings. The number of ketones is 2. The Morgan fingerprint density at radius 2 is 2.17 bits per heavy atom. The molecule has 1 saturated heterocycles. The van der Waals surface area contributed by atoms with Crippen molar-refractivity contribution in [3.8, 4) is 0 Å². The van der Waals surface area contributed by atoms with Gasteiger partial charge in [-0.3, -0.25) is 9.59 Å². The maximum Gasteiger partial charge on any atom is 0.201 e. The molecule has 12 heavy (non-hydrogen) atoms. The Kier molecular flexibility index (Phi) is 2.04. The third kappa shape index (κ3) is 1.94. The molecule has 0 spiro atoms. The van der Waals surface area contributed by atoms with Crippen molar-refractivity contribution in [2.75, 3.05) is 0 Å². The van der Waals surface area contributed by atoms with E-state index in [1.807, 2.05) is 13.8 Å². The van der Waals surface area contributed by atoms with Crippen LogP contribution in [-0.4, -0.2) is 17.2 Å². The van der Waals surface area contributed by atoms with Crippen LogP contribution in [0.15, 0.2) is 11.8 Å². The summed E-state index contributed by atoms with van der Waals surface area (Å²) in [5.74, 6) is -0.0428. The minimum Gasteiger partial charge on any atom is -0.484 e. The number of carbonyl (C=O) groups is 2. The first-order chi connectivity index (χ1) is 5.41. The molecule has 0 aromatic heterocycles. The Bertz CT molecular complexity index is 261. The van der Waals surface area contributed by atoms with E-state index in [1.165, 1.54) is 13.0 Å². The van der Waals surface area contributed by atoms with Crippen LogP contribution in [0, 0.1) is 0 Å². The van der Waals surface area contributed by atoms with E-state index in [0.29, 0.717) is 6.42 Å². The summed E-state index contributed by atoms with van der Waals surface area (Å²) in [6.07, 6.45) is 1.60. The molecule has 1 aliphatic heterocycles. The number of carbonyl (C=O) groups excluding carboxylic acids is 2. The van der Waals surface area contributed by atoms with Gasteiger partial charge in [0.05, 0.1) is 6.42 Å². The topological polar surface area (TPSA) is 43.4 Å². The average Bonchev–Trinajstić information content (AvgIpc) is 2.03. The van der Waals surface area contributed by atoms with Gasteiger partial charge >= 0.3 is 0 Å². The number of hydrogen-bond acceptors (Lipinski definition) is 3. The lowest BCUT2D eigenvalue weighted by Crippen LogP contribution is -2.16. The molecule has 0 bridgehead atoms. The Balaban J connectivity index is 2.84. The summed E-state index contributed by atoms with van der Waals surface area (Å²) in [5, 5.41) is 0.